The topological polar surface area (TPSA) is 25.8 Å². The van der Waals surface area contributed by atoms with Crippen LogP contribution in [0.2, 0.25) is 0 Å². The van der Waals surface area contributed by atoms with E-state index in [9.17, 15) is 0 Å². The Morgan fingerprint density at radius 2 is 1.02 bits per heavy atom. The van der Waals surface area contributed by atoms with Crippen LogP contribution in [0.3, 0.4) is 0 Å². The van der Waals surface area contributed by atoms with Crippen molar-refractivity contribution in [1.29, 1.82) is 0 Å². The van der Waals surface area contributed by atoms with Crippen LogP contribution in [0.25, 0.3) is 66.3 Å². The molecule has 2 aliphatic rings. The highest BCUT2D eigenvalue weighted by atomic mass is 14.8. The van der Waals surface area contributed by atoms with Crippen LogP contribution in [0.15, 0.2) is 158 Å². The van der Waals surface area contributed by atoms with E-state index in [1.807, 2.05) is 30.6 Å². The van der Waals surface area contributed by atoms with Crippen molar-refractivity contribution in [1.82, 2.24) is 9.97 Å². The molecule has 2 aliphatic carbocycles. The molecule has 0 saturated carbocycles. The number of benzene rings is 6. The summed E-state index contributed by atoms with van der Waals surface area (Å²) in [6.45, 7) is 0. The number of hydrogen-bond acceptors (Lipinski definition) is 2. The summed E-state index contributed by atoms with van der Waals surface area (Å²) in [6, 6.07) is 53.4. The summed E-state index contributed by atoms with van der Waals surface area (Å²) < 4.78 is 0. The Bertz CT molecular complexity index is 2430. The summed E-state index contributed by atoms with van der Waals surface area (Å²) in [7, 11) is 0. The fraction of sp³-hybridized carbons (Fsp3) is 0.0233. The van der Waals surface area contributed by atoms with Gasteiger partial charge in [0.15, 0.2) is 0 Å². The van der Waals surface area contributed by atoms with Gasteiger partial charge in [-0.25, -0.2) is 0 Å². The molecule has 45 heavy (non-hydrogen) atoms. The molecule has 2 nitrogen and oxygen atoms in total. The third-order valence-electron chi connectivity index (χ3n) is 9.97. The van der Waals surface area contributed by atoms with E-state index in [-0.39, 0.29) is 0 Å². The van der Waals surface area contributed by atoms with E-state index in [1.165, 1.54) is 66.1 Å². The summed E-state index contributed by atoms with van der Waals surface area (Å²) >= 11 is 0. The zero-order valence-electron chi connectivity index (χ0n) is 24.4. The standard InChI is InChI=1S/C43H26N2/c1-2-10-31-27(9-1)16-21-35-36-22-18-29-25-28(30-19-23-40(45-26-30)39-15-7-8-24-44-39)17-20-32(29)42(36)43(41(31)35)37-13-5-3-11-33(37)34-12-4-6-14-38(34)43/h1-26H. The highest BCUT2D eigenvalue weighted by Crippen LogP contribution is 2.65. The normalized spacial score (nSPS) is 13.5. The van der Waals surface area contributed by atoms with Gasteiger partial charge in [0.1, 0.15) is 0 Å². The van der Waals surface area contributed by atoms with E-state index >= 15 is 0 Å². The molecule has 0 saturated heterocycles. The lowest BCUT2D eigenvalue weighted by Gasteiger charge is -2.32. The van der Waals surface area contributed by atoms with E-state index in [2.05, 4.69) is 132 Å². The quantitative estimate of drug-likeness (QED) is 0.207. The van der Waals surface area contributed by atoms with Crippen molar-refractivity contribution < 1.29 is 0 Å². The SMILES string of the molecule is c1ccc(-c2ccc(-c3ccc4c5c(ccc4c3)-c3ccc4ccccc4c3C53c4ccccc4-c4ccccc43)cn2)nc1. The van der Waals surface area contributed by atoms with Crippen LogP contribution >= 0.6 is 0 Å². The largest absolute Gasteiger partial charge is 0.255 e. The molecule has 0 aliphatic heterocycles. The molecule has 10 rings (SSSR count). The van der Waals surface area contributed by atoms with E-state index in [0.717, 1.165) is 22.5 Å². The lowest BCUT2D eigenvalue weighted by Crippen LogP contribution is -2.26. The number of hydrogen-bond donors (Lipinski definition) is 0. The van der Waals surface area contributed by atoms with E-state index in [4.69, 9.17) is 4.98 Å². The van der Waals surface area contributed by atoms with Crippen LogP contribution in [0.1, 0.15) is 22.3 Å². The summed E-state index contributed by atoms with van der Waals surface area (Å²) in [6.07, 6.45) is 3.77. The lowest BCUT2D eigenvalue weighted by atomic mass is 9.68. The predicted octanol–water partition coefficient (Wildman–Crippen LogP) is 10.5. The predicted molar refractivity (Wildman–Crippen MR) is 184 cm³/mol. The number of aromatic nitrogens is 2. The van der Waals surface area contributed by atoms with E-state index in [0.29, 0.717) is 0 Å². The molecule has 2 heterocycles. The zero-order chi connectivity index (χ0) is 29.5. The zero-order valence-corrected chi connectivity index (χ0v) is 24.4. The molecule has 6 aromatic carbocycles. The highest BCUT2D eigenvalue weighted by Gasteiger charge is 2.53. The molecular weight excluding hydrogens is 544 g/mol. The first kappa shape index (κ1) is 24.6. The molecule has 0 radical (unpaired) electrons. The van der Waals surface area contributed by atoms with Gasteiger partial charge in [-0.1, -0.05) is 121 Å². The van der Waals surface area contributed by atoms with Crippen molar-refractivity contribution >= 4 is 21.5 Å². The first-order valence-corrected chi connectivity index (χ1v) is 15.5. The van der Waals surface area contributed by atoms with Gasteiger partial charge in [-0.05, 0) is 95.9 Å². The average Bonchev–Trinajstić information content (AvgIpc) is 3.59. The Morgan fingerprint density at radius 1 is 0.400 bits per heavy atom. The van der Waals surface area contributed by atoms with Gasteiger partial charge in [0.25, 0.3) is 0 Å². The van der Waals surface area contributed by atoms with Crippen LogP contribution in [-0.4, -0.2) is 9.97 Å². The van der Waals surface area contributed by atoms with Crippen molar-refractivity contribution in [2.75, 3.05) is 0 Å². The minimum atomic E-state index is -0.411. The van der Waals surface area contributed by atoms with Crippen molar-refractivity contribution in [3.63, 3.8) is 0 Å². The van der Waals surface area contributed by atoms with Gasteiger partial charge in [-0.3, -0.25) is 9.97 Å². The smallest absolute Gasteiger partial charge is 0.0886 e. The van der Waals surface area contributed by atoms with Crippen LogP contribution in [0, 0.1) is 0 Å². The molecule has 2 aromatic heterocycles. The third kappa shape index (κ3) is 3.23. The second-order valence-corrected chi connectivity index (χ2v) is 12.1. The molecule has 208 valence electrons. The van der Waals surface area contributed by atoms with Gasteiger partial charge in [0, 0.05) is 18.0 Å². The fourth-order valence-electron chi connectivity index (χ4n) is 8.17. The maximum Gasteiger partial charge on any atom is 0.0886 e. The molecule has 0 N–H and O–H groups in total. The monoisotopic (exact) mass is 570 g/mol. The number of nitrogens with zero attached hydrogens (tertiary/aromatic N) is 2. The Kier molecular flexibility index (Phi) is 4.95. The molecule has 2 heteroatoms. The minimum Gasteiger partial charge on any atom is -0.255 e. The van der Waals surface area contributed by atoms with Crippen molar-refractivity contribution in [2.45, 2.75) is 5.41 Å². The Labute approximate surface area is 261 Å². The van der Waals surface area contributed by atoms with Gasteiger partial charge >= 0.3 is 0 Å². The van der Waals surface area contributed by atoms with Gasteiger partial charge in [-0.2, -0.15) is 0 Å². The molecule has 0 fully saturated rings. The summed E-state index contributed by atoms with van der Waals surface area (Å²) in [5, 5.41) is 5.12. The summed E-state index contributed by atoms with van der Waals surface area (Å²) in [5.41, 5.74) is 14.4. The summed E-state index contributed by atoms with van der Waals surface area (Å²) in [4.78, 5) is 9.23. The van der Waals surface area contributed by atoms with Crippen LogP contribution in [0.4, 0.5) is 0 Å². The third-order valence-corrected chi connectivity index (χ3v) is 9.97. The average molecular weight is 571 g/mol. The van der Waals surface area contributed by atoms with Crippen LogP contribution in [0.5, 0.6) is 0 Å². The highest BCUT2D eigenvalue weighted by molar-refractivity contribution is 6.09. The molecule has 1 spiro atoms. The number of rotatable bonds is 2. The van der Waals surface area contributed by atoms with Crippen LogP contribution < -0.4 is 0 Å². The van der Waals surface area contributed by atoms with Crippen molar-refractivity contribution in [2.24, 2.45) is 0 Å². The maximum absolute atomic E-state index is 4.76. The van der Waals surface area contributed by atoms with Gasteiger partial charge in [0.05, 0.1) is 16.8 Å². The Hall–Kier alpha value is -5.86. The second kappa shape index (κ2) is 9.07. The maximum atomic E-state index is 4.76. The molecule has 8 aromatic rings. The second-order valence-electron chi connectivity index (χ2n) is 12.1. The number of pyridine rings is 2. The van der Waals surface area contributed by atoms with Gasteiger partial charge in [0.2, 0.25) is 0 Å². The van der Waals surface area contributed by atoms with Gasteiger partial charge in [-0.15, -0.1) is 0 Å². The fourth-order valence-corrected chi connectivity index (χ4v) is 8.17. The van der Waals surface area contributed by atoms with Gasteiger partial charge < -0.3 is 0 Å². The first-order chi connectivity index (χ1) is 22.3. The lowest BCUT2D eigenvalue weighted by molar-refractivity contribution is 0.809. The van der Waals surface area contributed by atoms with E-state index < -0.39 is 5.41 Å². The Balaban J connectivity index is 1.25. The molecular formula is C43H26N2. The summed E-state index contributed by atoms with van der Waals surface area (Å²) in [5.74, 6) is 0. The van der Waals surface area contributed by atoms with Crippen LogP contribution in [-0.2, 0) is 5.41 Å². The number of fused-ring (bicyclic) bond motifs is 14. The first-order valence-electron chi connectivity index (χ1n) is 15.5. The van der Waals surface area contributed by atoms with E-state index in [1.54, 1.807) is 0 Å². The van der Waals surface area contributed by atoms with Crippen molar-refractivity contribution in [3.05, 3.63) is 180 Å². The Morgan fingerprint density at radius 3 is 1.73 bits per heavy atom. The molecule has 0 atom stereocenters. The molecule has 0 bridgehead atoms. The molecule has 0 amide bonds. The van der Waals surface area contributed by atoms with Crippen molar-refractivity contribution in [3.8, 4) is 44.8 Å². The minimum absolute atomic E-state index is 0.411. The molecule has 0 unspecified atom stereocenters.